The molecular formula is C25H27N3O2. The molecule has 30 heavy (non-hydrogen) atoms. The zero-order valence-electron chi connectivity index (χ0n) is 17.1. The summed E-state index contributed by atoms with van der Waals surface area (Å²) in [6.45, 7) is 4.00. The Hall–Kier alpha value is -2.92. The van der Waals surface area contributed by atoms with Gasteiger partial charge in [-0.1, -0.05) is 42.5 Å². The lowest BCUT2D eigenvalue weighted by molar-refractivity contribution is -0.0370. The number of amides is 1. The Morgan fingerprint density at radius 3 is 2.63 bits per heavy atom. The number of nitrogens with zero attached hydrogens (tertiary/aromatic N) is 3. The molecule has 2 saturated heterocycles. The zero-order chi connectivity index (χ0) is 20.3. The second kappa shape index (κ2) is 8.44. The molecule has 5 heteroatoms. The van der Waals surface area contributed by atoms with Crippen LogP contribution in [0.1, 0.15) is 28.8 Å². The van der Waals surface area contributed by atoms with Gasteiger partial charge >= 0.3 is 0 Å². The molecule has 0 aliphatic carbocycles. The number of oxazole rings is 1. The first-order valence-electron chi connectivity index (χ1n) is 10.8. The Morgan fingerprint density at radius 1 is 1.07 bits per heavy atom. The van der Waals surface area contributed by atoms with Crippen LogP contribution in [0.4, 0.5) is 0 Å². The topological polar surface area (TPSA) is 49.6 Å². The van der Waals surface area contributed by atoms with E-state index in [4.69, 9.17) is 4.42 Å². The van der Waals surface area contributed by atoms with Crippen LogP contribution in [-0.2, 0) is 6.42 Å². The minimum absolute atomic E-state index is 0.139. The van der Waals surface area contributed by atoms with Gasteiger partial charge in [-0.2, -0.15) is 0 Å². The molecule has 3 aromatic rings. The fourth-order valence-corrected chi connectivity index (χ4v) is 4.87. The molecule has 2 atom stereocenters. The molecule has 0 saturated carbocycles. The van der Waals surface area contributed by atoms with E-state index >= 15 is 0 Å². The van der Waals surface area contributed by atoms with Gasteiger partial charge in [0, 0.05) is 42.7 Å². The summed E-state index contributed by atoms with van der Waals surface area (Å²) in [5.41, 5.74) is 3.10. The highest BCUT2D eigenvalue weighted by molar-refractivity contribution is 5.94. The Balaban J connectivity index is 1.11. The number of likely N-dealkylation sites (tertiary alicyclic amines) is 2. The van der Waals surface area contributed by atoms with E-state index in [1.54, 1.807) is 6.20 Å². The first-order valence-corrected chi connectivity index (χ1v) is 10.8. The van der Waals surface area contributed by atoms with Crippen molar-refractivity contribution in [2.45, 2.75) is 25.3 Å². The van der Waals surface area contributed by atoms with Crippen LogP contribution in [-0.4, -0.2) is 52.9 Å². The van der Waals surface area contributed by atoms with Crippen LogP contribution in [0.25, 0.3) is 11.3 Å². The van der Waals surface area contributed by atoms with Crippen molar-refractivity contribution in [3.63, 3.8) is 0 Å². The van der Waals surface area contributed by atoms with Gasteiger partial charge in [0.1, 0.15) is 0 Å². The number of hydrogen-bond acceptors (Lipinski definition) is 4. The molecule has 1 aromatic heterocycles. The average Bonchev–Trinajstić information content (AvgIpc) is 3.32. The molecule has 2 aliphatic heterocycles. The Morgan fingerprint density at radius 2 is 1.90 bits per heavy atom. The van der Waals surface area contributed by atoms with Crippen LogP contribution in [0.2, 0.25) is 0 Å². The number of carbonyl (C=O) groups excluding carboxylic acids is 1. The van der Waals surface area contributed by atoms with Gasteiger partial charge in [0.15, 0.2) is 12.2 Å². The lowest BCUT2D eigenvalue weighted by atomic mass is 9.82. The average molecular weight is 402 g/mol. The summed E-state index contributed by atoms with van der Waals surface area (Å²) in [6.07, 6.45) is 6.53. The molecule has 5 rings (SSSR count). The van der Waals surface area contributed by atoms with Crippen molar-refractivity contribution in [2.75, 3.05) is 26.2 Å². The van der Waals surface area contributed by atoms with E-state index in [2.05, 4.69) is 40.2 Å². The van der Waals surface area contributed by atoms with Gasteiger partial charge in [-0.05, 0) is 43.5 Å². The quantitative estimate of drug-likeness (QED) is 0.623. The highest BCUT2D eigenvalue weighted by Crippen LogP contribution is 2.33. The minimum atomic E-state index is 0.139. The molecule has 5 nitrogen and oxygen atoms in total. The van der Waals surface area contributed by atoms with Crippen molar-refractivity contribution in [1.29, 1.82) is 0 Å². The van der Waals surface area contributed by atoms with Crippen molar-refractivity contribution >= 4 is 5.91 Å². The zero-order valence-corrected chi connectivity index (χ0v) is 17.1. The summed E-state index contributed by atoms with van der Waals surface area (Å²) in [6, 6.07) is 19.0. The highest BCUT2D eigenvalue weighted by Gasteiger charge is 2.42. The van der Waals surface area contributed by atoms with Crippen LogP contribution < -0.4 is 0 Å². The molecule has 2 fully saturated rings. The van der Waals surface area contributed by atoms with Crippen molar-refractivity contribution in [2.24, 2.45) is 5.92 Å². The molecule has 0 unspecified atom stereocenters. The predicted octanol–water partition coefficient (Wildman–Crippen LogP) is 4.12. The number of fused-ring (bicyclic) bond motifs is 1. The maximum atomic E-state index is 13.0. The molecule has 3 heterocycles. The van der Waals surface area contributed by atoms with Gasteiger partial charge in [-0.25, -0.2) is 4.98 Å². The largest absolute Gasteiger partial charge is 0.444 e. The second-order valence-electron chi connectivity index (χ2n) is 8.39. The number of piperidine rings is 1. The van der Waals surface area contributed by atoms with Gasteiger partial charge in [0.05, 0.1) is 6.20 Å². The van der Waals surface area contributed by atoms with Crippen LogP contribution in [0.5, 0.6) is 0 Å². The number of hydrogen-bond donors (Lipinski definition) is 0. The van der Waals surface area contributed by atoms with Crippen LogP contribution in [0, 0.1) is 5.92 Å². The van der Waals surface area contributed by atoms with E-state index in [0.717, 1.165) is 55.9 Å². The molecular weight excluding hydrogens is 374 g/mol. The fourth-order valence-electron chi connectivity index (χ4n) is 4.87. The molecule has 0 N–H and O–H groups in total. The van der Waals surface area contributed by atoms with Gasteiger partial charge < -0.3 is 9.32 Å². The van der Waals surface area contributed by atoms with Crippen LogP contribution >= 0.6 is 0 Å². The summed E-state index contributed by atoms with van der Waals surface area (Å²) in [7, 11) is 0. The van der Waals surface area contributed by atoms with E-state index in [1.807, 2.05) is 29.2 Å². The smallest absolute Gasteiger partial charge is 0.253 e. The highest BCUT2D eigenvalue weighted by atomic mass is 16.3. The van der Waals surface area contributed by atoms with Crippen molar-refractivity contribution in [3.05, 3.63) is 78.3 Å². The van der Waals surface area contributed by atoms with E-state index < -0.39 is 0 Å². The molecule has 1 amide bonds. The summed E-state index contributed by atoms with van der Waals surface area (Å²) in [5.74, 6) is 1.48. The maximum absolute atomic E-state index is 13.0. The third kappa shape index (κ3) is 3.90. The number of benzene rings is 2. The number of aromatic nitrogens is 1. The van der Waals surface area contributed by atoms with Gasteiger partial charge in [0.2, 0.25) is 0 Å². The molecule has 0 spiro atoms. The van der Waals surface area contributed by atoms with E-state index in [0.29, 0.717) is 12.0 Å². The fraction of sp³-hybridized carbons (Fsp3) is 0.360. The normalized spacial score (nSPS) is 21.1. The first-order chi connectivity index (χ1) is 14.8. The standard InChI is InChI=1S/C25H27N3O2/c29-25(21-10-8-20(9-11-21)24-15-26-18-30-24)28-14-12-23-22(17-28)16-27(23)13-4-7-19-5-2-1-3-6-19/h1-3,5-6,8-11,15,18,22-23H,4,7,12-14,16-17H2/t22-,23+/m1/s1. The van der Waals surface area contributed by atoms with E-state index in [1.165, 1.54) is 18.4 Å². The van der Waals surface area contributed by atoms with E-state index in [9.17, 15) is 4.79 Å². The van der Waals surface area contributed by atoms with Crippen molar-refractivity contribution < 1.29 is 9.21 Å². The summed E-state index contributed by atoms with van der Waals surface area (Å²) in [5, 5.41) is 0. The second-order valence-corrected chi connectivity index (χ2v) is 8.39. The molecule has 0 bridgehead atoms. The summed E-state index contributed by atoms with van der Waals surface area (Å²) in [4.78, 5) is 21.6. The van der Waals surface area contributed by atoms with Gasteiger partial charge in [-0.15, -0.1) is 0 Å². The van der Waals surface area contributed by atoms with Gasteiger partial charge in [0.25, 0.3) is 5.91 Å². The first kappa shape index (κ1) is 19.1. The number of aryl methyl sites for hydroxylation is 1. The third-order valence-electron chi connectivity index (χ3n) is 6.52. The van der Waals surface area contributed by atoms with Gasteiger partial charge in [-0.3, -0.25) is 9.69 Å². The van der Waals surface area contributed by atoms with Crippen molar-refractivity contribution in [3.8, 4) is 11.3 Å². The third-order valence-corrected chi connectivity index (χ3v) is 6.52. The Labute approximate surface area is 177 Å². The summed E-state index contributed by atoms with van der Waals surface area (Å²) < 4.78 is 5.32. The molecule has 2 aliphatic rings. The lowest BCUT2D eigenvalue weighted by Gasteiger charge is -2.53. The Kier molecular flexibility index (Phi) is 5.37. The monoisotopic (exact) mass is 401 g/mol. The molecule has 154 valence electrons. The summed E-state index contributed by atoms with van der Waals surface area (Å²) >= 11 is 0. The number of rotatable bonds is 6. The minimum Gasteiger partial charge on any atom is -0.444 e. The Bertz CT molecular complexity index is 969. The van der Waals surface area contributed by atoms with E-state index in [-0.39, 0.29) is 5.91 Å². The van der Waals surface area contributed by atoms with Crippen LogP contribution in [0.15, 0.2) is 71.6 Å². The molecule has 0 radical (unpaired) electrons. The maximum Gasteiger partial charge on any atom is 0.253 e. The SMILES string of the molecule is O=C(c1ccc(-c2cnco2)cc1)N1CC[C@H]2[C@@H](C1)CN2CCCc1ccccc1. The number of carbonyl (C=O) groups is 1. The predicted molar refractivity (Wildman–Crippen MR) is 116 cm³/mol. The molecule has 2 aromatic carbocycles. The van der Waals surface area contributed by atoms with Crippen LogP contribution in [0.3, 0.4) is 0 Å². The lowest BCUT2D eigenvalue weighted by Crippen LogP contribution is -2.64. The van der Waals surface area contributed by atoms with Crippen molar-refractivity contribution in [1.82, 2.24) is 14.8 Å².